The van der Waals surface area contributed by atoms with E-state index in [1.165, 1.54) is 5.69 Å². The summed E-state index contributed by atoms with van der Waals surface area (Å²) in [6, 6.07) is 16.1. The van der Waals surface area contributed by atoms with Gasteiger partial charge < -0.3 is 15.1 Å². The molecular formula is C22H23N5O. The number of amides is 1. The van der Waals surface area contributed by atoms with Gasteiger partial charge in [0.25, 0.3) is 5.91 Å². The third-order valence-electron chi connectivity index (χ3n) is 4.89. The van der Waals surface area contributed by atoms with Gasteiger partial charge in [0.15, 0.2) is 0 Å². The largest absolute Gasteiger partial charge is 0.380 e. The Morgan fingerprint density at radius 1 is 0.929 bits per heavy atom. The molecule has 1 aromatic carbocycles. The fourth-order valence-corrected chi connectivity index (χ4v) is 3.35. The van der Waals surface area contributed by atoms with E-state index in [0.29, 0.717) is 25.2 Å². The van der Waals surface area contributed by atoms with E-state index in [9.17, 15) is 4.79 Å². The highest BCUT2D eigenvalue weighted by molar-refractivity contribution is 5.95. The molecule has 0 radical (unpaired) electrons. The Morgan fingerprint density at radius 2 is 1.75 bits per heavy atom. The van der Waals surface area contributed by atoms with Gasteiger partial charge in [-0.05, 0) is 29.8 Å². The van der Waals surface area contributed by atoms with Gasteiger partial charge in [-0.25, -0.2) is 0 Å². The van der Waals surface area contributed by atoms with Crippen molar-refractivity contribution < 1.29 is 4.79 Å². The lowest BCUT2D eigenvalue weighted by Crippen LogP contribution is -2.48. The molecule has 1 fully saturated rings. The molecule has 0 spiro atoms. The van der Waals surface area contributed by atoms with Gasteiger partial charge >= 0.3 is 0 Å². The van der Waals surface area contributed by atoms with Gasteiger partial charge in [0.1, 0.15) is 0 Å². The molecule has 0 bridgehead atoms. The highest BCUT2D eigenvalue weighted by Crippen LogP contribution is 2.18. The van der Waals surface area contributed by atoms with Crippen LogP contribution in [0.3, 0.4) is 0 Å². The van der Waals surface area contributed by atoms with Crippen molar-refractivity contribution in [2.24, 2.45) is 0 Å². The average molecular weight is 373 g/mol. The SMILES string of the molecule is O=C(c1cncc(NCc2cccnc2)c1)N1CCN(c2ccccc2)CC1. The Labute approximate surface area is 164 Å². The molecule has 1 amide bonds. The maximum atomic E-state index is 12.9. The first kappa shape index (κ1) is 18.0. The maximum absolute atomic E-state index is 12.9. The quantitative estimate of drug-likeness (QED) is 0.745. The number of hydrogen-bond donors (Lipinski definition) is 1. The van der Waals surface area contributed by atoms with Crippen LogP contribution in [0.2, 0.25) is 0 Å². The predicted octanol–water partition coefficient (Wildman–Crippen LogP) is 3.05. The van der Waals surface area contributed by atoms with Crippen LogP contribution < -0.4 is 10.2 Å². The van der Waals surface area contributed by atoms with Crippen molar-refractivity contribution in [1.29, 1.82) is 0 Å². The van der Waals surface area contributed by atoms with E-state index in [2.05, 4.69) is 32.3 Å². The Balaban J connectivity index is 1.36. The molecule has 0 aliphatic carbocycles. The molecule has 28 heavy (non-hydrogen) atoms. The van der Waals surface area contributed by atoms with Crippen LogP contribution in [0.5, 0.6) is 0 Å². The topological polar surface area (TPSA) is 61.4 Å². The van der Waals surface area contributed by atoms with Gasteiger partial charge in [0, 0.05) is 63.2 Å². The molecule has 1 saturated heterocycles. The zero-order valence-corrected chi connectivity index (χ0v) is 15.7. The van der Waals surface area contributed by atoms with Crippen molar-refractivity contribution in [3.63, 3.8) is 0 Å². The van der Waals surface area contributed by atoms with Crippen LogP contribution in [0.4, 0.5) is 11.4 Å². The average Bonchev–Trinajstić information content (AvgIpc) is 2.79. The van der Waals surface area contributed by atoms with Gasteiger partial charge in [-0.2, -0.15) is 0 Å². The number of pyridine rings is 2. The van der Waals surface area contributed by atoms with Crippen molar-refractivity contribution in [2.45, 2.75) is 6.54 Å². The number of anilines is 2. The number of hydrogen-bond acceptors (Lipinski definition) is 5. The highest BCUT2D eigenvalue weighted by atomic mass is 16.2. The van der Waals surface area contributed by atoms with Crippen molar-refractivity contribution in [3.8, 4) is 0 Å². The Morgan fingerprint density at radius 3 is 2.50 bits per heavy atom. The van der Waals surface area contributed by atoms with E-state index in [1.54, 1.807) is 18.6 Å². The van der Waals surface area contributed by atoms with Gasteiger partial charge in [-0.1, -0.05) is 24.3 Å². The predicted molar refractivity (Wildman–Crippen MR) is 110 cm³/mol. The molecule has 1 aliphatic heterocycles. The lowest BCUT2D eigenvalue weighted by atomic mass is 10.2. The lowest BCUT2D eigenvalue weighted by molar-refractivity contribution is 0.0746. The molecule has 3 aromatic rings. The van der Waals surface area contributed by atoms with E-state index in [0.717, 1.165) is 24.3 Å². The molecule has 142 valence electrons. The normalized spacial score (nSPS) is 14.0. The standard InChI is InChI=1S/C22H23N5O/c28-22(27-11-9-26(10-12-27)21-6-2-1-3-7-21)19-13-20(17-24-16-19)25-15-18-5-4-8-23-14-18/h1-8,13-14,16-17,25H,9-12,15H2. The Bertz CT molecular complexity index is 908. The number of benzene rings is 1. The van der Waals surface area contributed by atoms with E-state index in [4.69, 9.17) is 0 Å². The third kappa shape index (κ3) is 4.28. The summed E-state index contributed by atoms with van der Waals surface area (Å²) in [7, 11) is 0. The van der Waals surface area contributed by atoms with Crippen LogP contribution >= 0.6 is 0 Å². The van der Waals surface area contributed by atoms with Crippen molar-refractivity contribution in [3.05, 3.63) is 84.4 Å². The zero-order chi connectivity index (χ0) is 19.2. The minimum absolute atomic E-state index is 0.0326. The number of carbonyl (C=O) groups excluding carboxylic acids is 1. The van der Waals surface area contributed by atoms with Gasteiger partial charge in [-0.3, -0.25) is 14.8 Å². The first-order chi connectivity index (χ1) is 13.8. The molecule has 4 rings (SSSR count). The van der Waals surface area contributed by atoms with E-state index >= 15 is 0 Å². The maximum Gasteiger partial charge on any atom is 0.255 e. The summed E-state index contributed by atoms with van der Waals surface area (Å²) < 4.78 is 0. The molecule has 1 N–H and O–H groups in total. The fourth-order valence-electron chi connectivity index (χ4n) is 3.35. The van der Waals surface area contributed by atoms with Crippen molar-refractivity contribution in [2.75, 3.05) is 36.4 Å². The lowest BCUT2D eigenvalue weighted by Gasteiger charge is -2.36. The summed E-state index contributed by atoms with van der Waals surface area (Å²) in [4.78, 5) is 25.5. The van der Waals surface area contributed by atoms with Crippen LogP contribution in [-0.4, -0.2) is 47.0 Å². The second-order valence-corrected chi connectivity index (χ2v) is 6.79. The van der Waals surface area contributed by atoms with Crippen LogP contribution in [0.1, 0.15) is 15.9 Å². The molecule has 0 unspecified atom stereocenters. The summed E-state index contributed by atoms with van der Waals surface area (Å²) in [5, 5.41) is 3.31. The molecular weight excluding hydrogens is 350 g/mol. The molecule has 2 aromatic heterocycles. The number of aromatic nitrogens is 2. The molecule has 1 aliphatic rings. The molecule has 6 heteroatoms. The van der Waals surface area contributed by atoms with E-state index in [-0.39, 0.29) is 5.91 Å². The Hall–Kier alpha value is -3.41. The van der Waals surface area contributed by atoms with E-state index < -0.39 is 0 Å². The number of para-hydroxylation sites is 1. The number of nitrogens with one attached hydrogen (secondary N) is 1. The zero-order valence-electron chi connectivity index (χ0n) is 15.7. The minimum atomic E-state index is 0.0326. The number of nitrogens with zero attached hydrogens (tertiary/aromatic N) is 4. The van der Waals surface area contributed by atoms with Crippen LogP contribution in [0.15, 0.2) is 73.3 Å². The summed E-state index contributed by atoms with van der Waals surface area (Å²) in [6.45, 7) is 3.73. The molecule has 0 atom stereocenters. The molecule has 0 saturated carbocycles. The third-order valence-corrected chi connectivity index (χ3v) is 4.89. The second-order valence-electron chi connectivity index (χ2n) is 6.79. The molecule has 3 heterocycles. The van der Waals surface area contributed by atoms with Crippen LogP contribution in [-0.2, 0) is 6.54 Å². The highest BCUT2D eigenvalue weighted by Gasteiger charge is 2.22. The monoisotopic (exact) mass is 373 g/mol. The van der Waals surface area contributed by atoms with Gasteiger partial charge in [-0.15, -0.1) is 0 Å². The number of rotatable bonds is 5. The fraction of sp³-hybridized carbons (Fsp3) is 0.227. The Kier molecular flexibility index (Phi) is 5.47. The first-order valence-corrected chi connectivity index (χ1v) is 9.47. The van der Waals surface area contributed by atoms with Crippen molar-refractivity contribution >= 4 is 17.3 Å². The van der Waals surface area contributed by atoms with E-state index in [1.807, 2.05) is 47.5 Å². The van der Waals surface area contributed by atoms with Crippen LogP contribution in [0.25, 0.3) is 0 Å². The number of carbonyl (C=O) groups is 1. The summed E-state index contributed by atoms with van der Waals surface area (Å²) in [5.74, 6) is 0.0326. The van der Waals surface area contributed by atoms with Gasteiger partial charge in [0.2, 0.25) is 0 Å². The molecule has 6 nitrogen and oxygen atoms in total. The summed E-state index contributed by atoms with van der Waals surface area (Å²) >= 11 is 0. The van der Waals surface area contributed by atoms with Gasteiger partial charge in [0.05, 0.1) is 11.3 Å². The van der Waals surface area contributed by atoms with Crippen molar-refractivity contribution in [1.82, 2.24) is 14.9 Å². The first-order valence-electron chi connectivity index (χ1n) is 9.47. The van der Waals surface area contributed by atoms with Crippen LogP contribution in [0, 0.1) is 0 Å². The smallest absolute Gasteiger partial charge is 0.255 e. The summed E-state index contributed by atoms with van der Waals surface area (Å²) in [6.07, 6.45) is 6.95. The summed E-state index contributed by atoms with van der Waals surface area (Å²) in [5.41, 5.74) is 3.73. The second kappa shape index (κ2) is 8.52. The number of piperazine rings is 1. The minimum Gasteiger partial charge on any atom is -0.380 e.